The quantitative estimate of drug-likeness (QED) is 0.620. The summed E-state index contributed by atoms with van der Waals surface area (Å²) in [6, 6.07) is 4.55. The molecule has 1 aliphatic heterocycles. The second-order valence-corrected chi connectivity index (χ2v) is 8.05. The summed E-state index contributed by atoms with van der Waals surface area (Å²) in [5.41, 5.74) is 6.55. The lowest BCUT2D eigenvalue weighted by Crippen LogP contribution is -2.26. The highest BCUT2D eigenvalue weighted by Crippen LogP contribution is 2.40. The van der Waals surface area contributed by atoms with E-state index in [-0.39, 0.29) is 6.10 Å². The van der Waals surface area contributed by atoms with Gasteiger partial charge in [0.2, 0.25) is 5.88 Å². The summed E-state index contributed by atoms with van der Waals surface area (Å²) in [5, 5.41) is 4.90. The van der Waals surface area contributed by atoms with Crippen molar-refractivity contribution in [1.29, 1.82) is 0 Å². The van der Waals surface area contributed by atoms with Gasteiger partial charge in [-0.3, -0.25) is 0 Å². The fraction of sp³-hybridized carbons (Fsp3) is 0.609. The van der Waals surface area contributed by atoms with Crippen LogP contribution in [-0.2, 0) is 13.5 Å². The predicted molar refractivity (Wildman–Crippen MR) is 113 cm³/mol. The summed E-state index contributed by atoms with van der Waals surface area (Å²) in [6.07, 6.45) is 6.98. The third-order valence-corrected chi connectivity index (χ3v) is 5.54. The Bertz CT molecular complexity index is 764. The number of hydrogen-bond donors (Lipinski definition) is 0. The van der Waals surface area contributed by atoms with Gasteiger partial charge in [-0.1, -0.05) is 44.4 Å². The van der Waals surface area contributed by atoms with E-state index in [9.17, 15) is 0 Å². The van der Waals surface area contributed by atoms with Gasteiger partial charge < -0.3 is 9.64 Å². The van der Waals surface area contributed by atoms with Crippen LogP contribution >= 0.6 is 0 Å². The normalized spacial score (nSPS) is 14.0. The molecule has 0 saturated heterocycles. The minimum atomic E-state index is 0.290. The summed E-state index contributed by atoms with van der Waals surface area (Å²) >= 11 is 0. The van der Waals surface area contributed by atoms with Crippen molar-refractivity contribution in [3.8, 4) is 5.88 Å². The van der Waals surface area contributed by atoms with Crippen LogP contribution < -0.4 is 9.64 Å². The van der Waals surface area contributed by atoms with Gasteiger partial charge in [-0.25, -0.2) is 4.68 Å². The van der Waals surface area contributed by atoms with Crippen LogP contribution in [0.4, 0.5) is 11.5 Å². The molecular weight excluding hydrogens is 334 g/mol. The summed E-state index contributed by atoms with van der Waals surface area (Å²) < 4.78 is 8.46. The molecule has 2 heterocycles. The lowest BCUT2D eigenvalue weighted by atomic mass is 10.0. The Balaban J connectivity index is 1.98. The number of aromatic nitrogens is 2. The SMILES string of the molecule is CCCC(CCC)Oc1c2c(nn1C)N(c1c(C)cc(C)cc1C)CCC2. The smallest absolute Gasteiger partial charge is 0.217 e. The standard InChI is InChI=1S/C23H35N3O/c1-7-10-19(11-8-2)27-23-20-12-9-13-26(22(20)24-25(23)6)21-17(4)14-16(3)15-18(21)5/h14-15,19H,7-13H2,1-6H3. The number of fused-ring (bicyclic) bond motifs is 1. The first-order chi connectivity index (χ1) is 13.0. The molecule has 148 valence electrons. The third kappa shape index (κ3) is 3.99. The van der Waals surface area contributed by atoms with E-state index >= 15 is 0 Å². The number of rotatable bonds is 7. The summed E-state index contributed by atoms with van der Waals surface area (Å²) in [7, 11) is 2.02. The average Bonchev–Trinajstić information content (AvgIpc) is 2.91. The first kappa shape index (κ1) is 19.8. The lowest BCUT2D eigenvalue weighted by Gasteiger charge is -2.31. The second-order valence-electron chi connectivity index (χ2n) is 8.05. The second kappa shape index (κ2) is 8.37. The number of hydrogen-bond acceptors (Lipinski definition) is 3. The van der Waals surface area contributed by atoms with Crippen molar-refractivity contribution in [3.63, 3.8) is 0 Å². The molecule has 0 unspecified atom stereocenters. The number of nitrogens with zero attached hydrogens (tertiary/aromatic N) is 3. The first-order valence-corrected chi connectivity index (χ1v) is 10.5. The Labute approximate surface area is 164 Å². The topological polar surface area (TPSA) is 30.3 Å². The van der Waals surface area contributed by atoms with Gasteiger partial charge in [-0.15, -0.1) is 0 Å². The molecule has 3 rings (SSSR count). The van der Waals surface area contributed by atoms with Crippen molar-refractivity contribution >= 4 is 11.5 Å². The van der Waals surface area contributed by atoms with E-state index in [1.165, 1.54) is 27.9 Å². The van der Waals surface area contributed by atoms with Crippen molar-refractivity contribution in [2.45, 2.75) is 79.2 Å². The van der Waals surface area contributed by atoms with E-state index in [0.717, 1.165) is 56.8 Å². The van der Waals surface area contributed by atoms with Crippen LogP contribution in [0.1, 0.15) is 68.2 Å². The molecule has 0 atom stereocenters. The molecule has 1 aliphatic rings. The highest BCUT2D eigenvalue weighted by molar-refractivity contribution is 5.72. The van der Waals surface area contributed by atoms with Crippen LogP contribution in [-0.4, -0.2) is 22.4 Å². The van der Waals surface area contributed by atoms with Crippen molar-refractivity contribution in [3.05, 3.63) is 34.4 Å². The lowest BCUT2D eigenvalue weighted by molar-refractivity contribution is 0.162. The Morgan fingerprint density at radius 1 is 1.07 bits per heavy atom. The summed E-state index contributed by atoms with van der Waals surface area (Å²) in [6.45, 7) is 12.1. The molecule has 2 aromatic rings. The zero-order valence-corrected chi connectivity index (χ0v) is 17.9. The minimum Gasteiger partial charge on any atom is -0.474 e. The highest BCUT2D eigenvalue weighted by atomic mass is 16.5. The highest BCUT2D eigenvalue weighted by Gasteiger charge is 2.29. The van der Waals surface area contributed by atoms with Gasteiger partial charge in [0.15, 0.2) is 5.82 Å². The van der Waals surface area contributed by atoms with Gasteiger partial charge in [0.05, 0.1) is 5.56 Å². The molecular formula is C23H35N3O. The Hall–Kier alpha value is -1.97. The molecule has 0 aliphatic carbocycles. The van der Waals surface area contributed by atoms with Crippen LogP contribution in [0.25, 0.3) is 0 Å². The molecule has 27 heavy (non-hydrogen) atoms. The zero-order valence-electron chi connectivity index (χ0n) is 17.9. The van der Waals surface area contributed by atoms with Gasteiger partial charge in [0.1, 0.15) is 6.10 Å². The maximum Gasteiger partial charge on any atom is 0.217 e. The monoisotopic (exact) mass is 369 g/mol. The number of aryl methyl sites for hydroxylation is 4. The van der Waals surface area contributed by atoms with Gasteiger partial charge in [0.25, 0.3) is 0 Å². The van der Waals surface area contributed by atoms with Crippen LogP contribution in [0.15, 0.2) is 12.1 Å². The summed E-state index contributed by atoms with van der Waals surface area (Å²) in [5.74, 6) is 2.06. The fourth-order valence-corrected chi connectivity index (χ4v) is 4.52. The molecule has 0 N–H and O–H groups in total. The Kier molecular flexibility index (Phi) is 6.13. The van der Waals surface area contributed by atoms with E-state index in [2.05, 4.69) is 51.7 Å². The van der Waals surface area contributed by atoms with Crippen molar-refractivity contribution in [2.24, 2.45) is 7.05 Å². The van der Waals surface area contributed by atoms with E-state index in [0.29, 0.717) is 0 Å². The zero-order chi connectivity index (χ0) is 19.6. The van der Waals surface area contributed by atoms with Gasteiger partial charge in [0, 0.05) is 19.3 Å². The van der Waals surface area contributed by atoms with E-state index < -0.39 is 0 Å². The van der Waals surface area contributed by atoms with E-state index in [1.54, 1.807) is 0 Å². The maximum atomic E-state index is 6.50. The van der Waals surface area contributed by atoms with Crippen molar-refractivity contribution in [2.75, 3.05) is 11.4 Å². The van der Waals surface area contributed by atoms with Crippen LogP contribution in [0, 0.1) is 20.8 Å². The minimum absolute atomic E-state index is 0.290. The molecule has 0 saturated carbocycles. The Morgan fingerprint density at radius 2 is 1.70 bits per heavy atom. The molecule has 0 spiro atoms. The molecule has 4 nitrogen and oxygen atoms in total. The maximum absolute atomic E-state index is 6.50. The van der Waals surface area contributed by atoms with E-state index in [1.807, 2.05) is 11.7 Å². The molecule has 1 aromatic heterocycles. The summed E-state index contributed by atoms with van der Waals surface area (Å²) in [4.78, 5) is 2.41. The third-order valence-electron chi connectivity index (χ3n) is 5.54. The Morgan fingerprint density at radius 3 is 2.30 bits per heavy atom. The predicted octanol–water partition coefficient (Wildman–Crippen LogP) is 5.78. The molecule has 0 amide bonds. The van der Waals surface area contributed by atoms with Crippen LogP contribution in [0.3, 0.4) is 0 Å². The number of ether oxygens (including phenoxy) is 1. The number of anilines is 2. The van der Waals surface area contributed by atoms with Crippen molar-refractivity contribution < 1.29 is 4.74 Å². The van der Waals surface area contributed by atoms with Crippen LogP contribution in [0.5, 0.6) is 5.88 Å². The molecule has 0 bridgehead atoms. The first-order valence-electron chi connectivity index (χ1n) is 10.5. The van der Waals surface area contributed by atoms with Crippen molar-refractivity contribution in [1.82, 2.24) is 9.78 Å². The van der Waals surface area contributed by atoms with Crippen LogP contribution in [0.2, 0.25) is 0 Å². The average molecular weight is 370 g/mol. The van der Waals surface area contributed by atoms with Gasteiger partial charge >= 0.3 is 0 Å². The number of benzene rings is 1. The molecule has 4 heteroatoms. The molecule has 0 radical (unpaired) electrons. The largest absolute Gasteiger partial charge is 0.474 e. The molecule has 0 fully saturated rings. The molecule has 1 aromatic carbocycles. The fourth-order valence-electron chi connectivity index (χ4n) is 4.52. The van der Waals surface area contributed by atoms with E-state index in [4.69, 9.17) is 9.84 Å². The van der Waals surface area contributed by atoms with Gasteiger partial charge in [-0.2, -0.15) is 5.10 Å². The van der Waals surface area contributed by atoms with Gasteiger partial charge in [-0.05, 0) is 57.6 Å².